The summed E-state index contributed by atoms with van der Waals surface area (Å²) in [4.78, 5) is 0. The molecule has 0 aliphatic heterocycles. The minimum atomic E-state index is -0.844. The van der Waals surface area contributed by atoms with E-state index in [0.29, 0.717) is 23.7 Å². The van der Waals surface area contributed by atoms with Gasteiger partial charge in [0.15, 0.2) is 11.6 Å². The van der Waals surface area contributed by atoms with Crippen molar-refractivity contribution in [2.45, 2.75) is 32.8 Å². The van der Waals surface area contributed by atoms with Gasteiger partial charge in [0.05, 0.1) is 11.8 Å². The minimum Gasteiger partial charge on any atom is -0.489 e. The summed E-state index contributed by atoms with van der Waals surface area (Å²) < 4.78 is 31.5. The zero-order chi connectivity index (χ0) is 16.8. The molecule has 0 atom stereocenters. The number of hydrogen-bond acceptors (Lipinski definition) is 3. The number of halogens is 2. The van der Waals surface area contributed by atoms with E-state index in [9.17, 15) is 8.78 Å². The second kappa shape index (κ2) is 7.81. The molecule has 2 aromatic rings. The molecule has 2 aromatic carbocycles. The molecular weight excluding hydrogens is 298 g/mol. The molecule has 3 nitrogen and oxygen atoms in total. The Hall–Kier alpha value is -2.30. The summed E-state index contributed by atoms with van der Waals surface area (Å²) in [6.07, 6.45) is 1.77. The lowest BCUT2D eigenvalue weighted by atomic mass is 10.1. The van der Waals surface area contributed by atoms with Crippen LogP contribution in [0.4, 0.5) is 20.2 Å². The van der Waals surface area contributed by atoms with Crippen LogP contribution in [0.25, 0.3) is 0 Å². The van der Waals surface area contributed by atoms with Gasteiger partial charge < -0.3 is 15.8 Å². The van der Waals surface area contributed by atoms with Crippen molar-refractivity contribution in [3.8, 4) is 5.75 Å². The van der Waals surface area contributed by atoms with Gasteiger partial charge in [0, 0.05) is 12.2 Å². The van der Waals surface area contributed by atoms with E-state index in [2.05, 4.69) is 5.32 Å². The number of nitrogen functional groups attached to an aromatic ring is 1. The molecule has 3 N–H and O–H groups in total. The summed E-state index contributed by atoms with van der Waals surface area (Å²) >= 11 is 0. The van der Waals surface area contributed by atoms with Gasteiger partial charge in [-0.05, 0) is 62.6 Å². The first kappa shape index (κ1) is 17.1. The fourth-order valence-corrected chi connectivity index (χ4v) is 2.25. The number of nitrogens with one attached hydrogen (secondary N) is 1. The molecule has 0 amide bonds. The summed E-state index contributed by atoms with van der Waals surface area (Å²) in [7, 11) is 0. The summed E-state index contributed by atoms with van der Waals surface area (Å²) in [6.45, 7) is 4.57. The van der Waals surface area contributed by atoms with E-state index in [1.54, 1.807) is 0 Å². The summed E-state index contributed by atoms with van der Waals surface area (Å²) in [5.41, 5.74) is 8.30. The van der Waals surface area contributed by atoms with Crippen LogP contribution < -0.4 is 15.8 Å². The number of ether oxygens (including phenoxy) is 1. The van der Waals surface area contributed by atoms with Crippen molar-refractivity contribution in [3.05, 3.63) is 53.6 Å². The lowest BCUT2D eigenvalue weighted by molar-refractivity contribution is 0.244. The molecule has 0 aromatic heterocycles. The zero-order valence-corrected chi connectivity index (χ0v) is 13.4. The maximum atomic E-state index is 13.1. The number of benzene rings is 2. The van der Waals surface area contributed by atoms with Crippen LogP contribution in [-0.2, 0) is 6.42 Å². The topological polar surface area (TPSA) is 47.3 Å². The van der Waals surface area contributed by atoms with Crippen molar-refractivity contribution in [2.24, 2.45) is 0 Å². The van der Waals surface area contributed by atoms with Crippen molar-refractivity contribution in [1.29, 1.82) is 0 Å². The first-order valence-electron chi connectivity index (χ1n) is 7.69. The van der Waals surface area contributed by atoms with Gasteiger partial charge in [-0.1, -0.05) is 6.07 Å². The first-order valence-corrected chi connectivity index (χ1v) is 7.69. The Morgan fingerprint density at radius 1 is 1.09 bits per heavy atom. The Morgan fingerprint density at radius 3 is 2.52 bits per heavy atom. The van der Waals surface area contributed by atoms with Gasteiger partial charge >= 0.3 is 0 Å². The molecule has 0 spiro atoms. The van der Waals surface area contributed by atoms with Crippen LogP contribution in [0.1, 0.15) is 25.8 Å². The van der Waals surface area contributed by atoms with Gasteiger partial charge in [-0.15, -0.1) is 0 Å². The third-order valence-corrected chi connectivity index (χ3v) is 3.33. The van der Waals surface area contributed by atoms with Crippen LogP contribution in [-0.4, -0.2) is 12.6 Å². The molecule has 0 aliphatic carbocycles. The lowest BCUT2D eigenvalue weighted by Crippen LogP contribution is -2.08. The third kappa shape index (κ3) is 5.13. The van der Waals surface area contributed by atoms with Gasteiger partial charge in [-0.25, -0.2) is 8.78 Å². The molecular formula is C18H22F2N2O. The van der Waals surface area contributed by atoms with Crippen LogP contribution in [0.2, 0.25) is 0 Å². The highest BCUT2D eigenvalue weighted by molar-refractivity contribution is 5.54. The minimum absolute atomic E-state index is 0.0865. The number of anilines is 2. The molecule has 0 heterocycles. The molecule has 124 valence electrons. The molecule has 0 saturated heterocycles. The molecule has 0 aliphatic rings. The molecule has 0 radical (unpaired) electrons. The average molecular weight is 320 g/mol. The Labute approximate surface area is 135 Å². The predicted molar refractivity (Wildman–Crippen MR) is 89.8 cm³/mol. The van der Waals surface area contributed by atoms with Crippen LogP contribution in [0.15, 0.2) is 36.4 Å². The zero-order valence-electron chi connectivity index (χ0n) is 13.4. The van der Waals surface area contributed by atoms with Crippen LogP contribution in [0.5, 0.6) is 5.75 Å². The SMILES string of the molecule is CC(C)Oc1ccc(CCCNc2ccc(F)c(F)c2)cc1N. The summed E-state index contributed by atoms with van der Waals surface area (Å²) in [6, 6.07) is 9.58. The Morgan fingerprint density at radius 2 is 1.87 bits per heavy atom. The molecule has 2 rings (SSSR count). The number of hydrogen-bond donors (Lipinski definition) is 2. The van der Waals surface area contributed by atoms with E-state index in [1.165, 1.54) is 6.07 Å². The smallest absolute Gasteiger partial charge is 0.160 e. The molecule has 0 bridgehead atoms. The van der Waals surface area contributed by atoms with Crippen molar-refractivity contribution < 1.29 is 13.5 Å². The van der Waals surface area contributed by atoms with Gasteiger partial charge in [-0.2, -0.15) is 0 Å². The van der Waals surface area contributed by atoms with Gasteiger partial charge in [-0.3, -0.25) is 0 Å². The normalized spacial score (nSPS) is 10.8. The second-order valence-corrected chi connectivity index (χ2v) is 5.70. The number of rotatable bonds is 7. The van der Waals surface area contributed by atoms with E-state index < -0.39 is 11.6 Å². The molecule has 0 saturated carbocycles. The highest BCUT2D eigenvalue weighted by Gasteiger charge is 2.05. The van der Waals surface area contributed by atoms with Crippen molar-refractivity contribution in [1.82, 2.24) is 0 Å². The fraction of sp³-hybridized carbons (Fsp3) is 0.333. The largest absolute Gasteiger partial charge is 0.489 e. The highest BCUT2D eigenvalue weighted by atomic mass is 19.2. The Kier molecular flexibility index (Phi) is 5.79. The summed E-state index contributed by atoms with van der Waals surface area (Å²) in [5, 5.41) is 3.07. The van der Waals surface area contributed by atoms with Gasteiger partial charge in [0.1, 0.15) is 5.75 Å². The second-order valence-electron chi connectivity index (χ2n) is 5.70. The van der Waals surface area contributed by atoms with Crippen LogP contribution in [0.3, 0.4) is 0 Å². The monoisotopic (exact) mass is 320 g/mol. The van der Waals surface area contributed by atoms with E-state index >= 15 is 0 Å². The van der Waals surface area contributed by atoms with E-state index in [1.807, 2.05) is 32.0 Å². The summed E-state index contributed by atoms with van der Waals surface area (Å²) in [5.74, 6) is -0.984. The average Bonchev–Trinajstić information content (AvgIpc) is 2.49. The van der Waals surface area contributed by atoms with Gasteiger partial charge in [0.25, 0.3) is 0 Å². The third-order valence-electron chi connectivity index (χ3n) is 3.33. The molecule has 23 heavy (non-hydrogen) atoms. The van der Waals surface area contributed by atoms with Crippen molar-refractivity contribution >= 4 is 11.4 Å². The van der Waals surface area contributed by atoms with Crippen molar-refractivity contribution in [3.63, 3.8) is 0 Å². The van der Waals surface area contributed by atoms with E-state index in [4.69, 9.17) is 10.5 Å². The van der Waals surface area contributed by atoms with E-state index in [0.717, 1.165) is 30.5 Å². The van der Waals surface area contributed by atoms with E-state index in [-0.39, 0.29) is 6.10 Å². The van der Waals surface area contributed by atoms with Gasteiger partial charge in [0.2, 0.25) is 0 Å². The fourth-order valence-electron chi connectivity index (χ4n) is 2.25. The molecule has 5 heteroatoms. The number of aryl methyl sites for hydroxylation is 1. The predicted octanol–water partition coefficient (Wildman–Crippen LogP) is 4.38. The number of nitrogens with two attached hydrogens (primary N) is 1. The molecule has 0 fully saturated rings. The highest BCUT2D eigenvalue weighted by Crippen LogP contribution is 2.24. The lowest BCUT2D eigenvalue weighted by Gasteiger charge is -2.13. The van der Waals surface area contributed by atoms with Crippen LogP contribution >= 0.6 is 0 Å². The maximum Gasteiger partial charge on any atom is 0.160 e. The maximum absolute atomic E-state index is 13.1. The quantitative estimate of drug-likeness (QED) is 0.588. The van der Waals surface area contributed by atoms with Crippen molar-refractivity contribution in [2.75, 3.05) is 17.6 Å². The Balaban J connectivity index is 1.82. The Bertz CT molecular complexity index is 659. The van der Waals surface area contributed by atoms with Crippen LogP contribution in [0, 0.1) is 11.6 Å². The molecule has 0 unspecified atom stereocenters. The standard InChI is InChI=1S/C18H22F2N2O/c1-12(2)23-18-8-5-13(10-17(18)21)4-3-9-22-14-6-7-15(19)16(20)11-14/h5-8,10-12,22H,3-4,9,21H2,1-2H3. The first-order chi connectivity index (χ1) is 11.0.